The third-order valence-corrected chi connectivity index (χ3v) is 2.88. The summed E-state index contributed by atoms with van der Waals surface area (Å²) in [5.41, 5.74) is 0. The summed E-state index contributed by atoms with van der Waals surface area (Å²) in [4.78, 5) is 0. The molecule has 0 aliphatic heterocycles. The number of aromatic nitrogens is 2. The second-order valence-corrected chi connectivity index (χ2v) is 4.19. The Hall–Kier alpha value is -0.480. The molecule has 0 saturated carbocycles. The zero-order valence-corrected chi connectivity index (χ0v) is 9.15. The van der Waals surface area contributed by atoms with Crippen LogP contribution in [0.1, 0.15) is 29.8 Å². The molecular weight excluding hydrogens is 182 g/mol. The zero-order chi connectivity index (χ0) is 9.52. The van der Waals surface area contributed by atoms with Crippen LogP contribution < -0.4 is 5.32 Å². The molecule has 0 amide bonds. The largest absolute Gasteiger partial charge is 0.319 e. The fourth-order valence-electron chi connectivity index (χ4n) is 1.05. The first kappa shape index (κ1) is 10.6. The summed E-state index contributed by atoms with van der Waals surface area (Å²) in [7, 11) is 1.96. The minimum absolute atomic E-state index is 0.989. The van der Waals surface area contributed by atoms with Gasteiger partial charge < -0.3 is 5.32 Å². The number of unbranched alkanes of at least 4 members (excludes halogenated alkanes) is 1. The van der Waals surface area contributed by atoms with Gasteiger partial charge in [0.25, 0.3) is 0 Å². The molecule has 0 bridgehead atoms. The van der Waals surface area contributed by atoms with Gasteiger partial charge in [-0.2, -0.15) is 0 Å². The van der Waals surface area contributed by atoms with Crippen LogP contribution in [0.25, 0.3) is 0 Å². The minimum Gasteiger partial charge on any atom is -0.319 e. The molecule has 0 radical (unpaired) electrons. The van der Waals surface area contributed by atoms with Crippen LogP contribution in [0, 0.1) is 0 Å². The summed E-state index contributed by atoms with van der Waals surface area (Å²) in [6, 6.07) is 0. The van der Waals surface area contributed by atoms with Gasteiger partial charge in [0.15, 0.2) is 0 Å². The van der Waals surface area contributed by atoms with Crippen molar-refractivity contribution < 1.29 is 0 Å². The van der Waals surface area contributed by atoms with E-state index in [1.54, 1.807) is 11.3 Å². The number of hydrogen-bond donors (Lipinski definition) is 1. The van der Waals surface area contributed by atoms with Crippen LogP contribution in [0.5, 0.6) is 0 Å². The fraction of sp³-hybridized carbons (Fsp3) is 0.778. The van der Waals surface area contributed by atoms with Crippen LogP contribution in [-0.2, 0) is 12.8 Å². The van der Waals surface area contributed by atoms with E-state index >= 15 is 0 Å². The monoisotopic (exact) mass is 199 g/mol. The highest BCUT2D eigenvalue weighted by Gasteiger charge is 2.02. The summed E-state index contributed by atoms with van der Waals surface area (Å²) in [6.45, 7) is 3.19. The van der Waals surface area contributed by atoms with Gasteiger partial charge in [0, 0.05) is 19.4 Å². The molecule has 0 unspecified atom stereocenters. The normalized spacial score (nSPS) is 10.6. The average molecular weight is 199 g/mol. The second-order valence-electron chi connectivity index (χ2n) is 3.05. The van der Waals surface area contributed by atoms with Gasteiger partial charge in [-0.05, 0) is 13.5 Å². The van der Waals surface area contributed by atoms with Crippen LogP contribution in [-0.4, -0.2) is 23.8 Å². The Morgan fingerprint density at radius 3 is 2.54 bits per heavy atom. The quantitative estimate of drug-likeness (QED) is 0.757. The number of hydrogen-bond acceptors (Lipinski definition) is 4. The van der Waals surface area contributed by atoms with Crippen molar-refractivity contribution in [3.63, 3.8) is 0 Å². The second kappa shape index (κ2) is 6.05. The number of likely N-dealkylation sites (N-methyl/N-ethyl adjacent to an activating group) is 1. The molecule has 0 spiro atoms. The van der Waals surface area contributed by atoms with Crippen molar-refractivity contribution in [3.05, 3.63) is 10.0 Å². The van der Waals surface area contributed by atoms with E-state index in [0.29, 0.717) is 0 Å². The maximum absolute atomic E-state index is 4.15. The van der Waals surface area contributed by atoms with Crippen molar-refractivity contribution in [1.29, 1.82) is 0 Å². The van der Waals surface area contributed by atoms with Crippen LogP contribution in [0.4, 0.5) is 0 Å². The molecule has 74 valence electrons. The van der Waals surface area contributed by atoms with Gasteiger partial charge in [-0.3, -0.25) is 0 Å². The van der Waals surface area contributed by atoms with E-state index in [4.69, 9.17) is 0 Å². The van der Waals surface area contributed by atoms with E-state index in [1.807, 2.05) is 7.05 Å². The molecule has 0 saturated heterocycles. The van der Waals surface area contributed by atoms with Gasteiger partial charge in [0.05, 0.1) is 0 Å². The molecular formula is C9H17N3S. The third-order valence-electron chi connectivity index (χ3n) is 1.84. The Bertz CT molecular complexity index is 212. The van der Waals surface area contributed by atoms with Crippen molar-refractivity contribution in [2.24, 2.45) is 0 Å². The molecule has 1 heterocycles. The lowest BCUT2D eigenvalue weighted by atomic mass is 10.3. The van der Waals surface area contributed by atoms with Crippen LogP contribution in [0.15, 0.2) is 0 Å². The van der Waals surface area contributed by atoms with E-state index < -0.39 is 0 Å². The lowest BCUT2D eigenvalue weighted by molar-refractivity contribution is 0.763. The summed E-state index contributed by atoms with van der Waals surface area (Å²) >= 11 is 1.75. The van der Waals surface area contributed by atoms with Gasteiger partial charge in [-0.15, -0.1) is 21.5 Å². The predicted molar refractivity (Wildman–Crippen MR) is 56.2 cm³/mol. The van der Waals surface area contributed by atoms with E-state index in [-0.39, 0.29) is 0 Å². The number of aryl methyl sites for hydroxylation is 1. The van der Waals surface area contributed by atoms with Crippen molar-refractivity contribution in [2.75, 3.05) is 13.6 Å². The average Bonchev–Trinajstić information content (AvgIpc) is 2.59. The maximum atomic E-state index is 4.15. The van der Waals surface area contributed by atoms with Gasteiger partial charge in [0.2, 0.25) is 0 Å². The van der Waals surface area contributed by atoms with Crippen molar-refractivity contribution >= 4 is 11.3 Å². The lowest BCUT2D eigenvalue weighted by Crippen LogP contribution is -2.09. The lowest BCUT2D eigenvalue weighted by Gasteiger charge is -1.92. The van der Waals surface area contributed by atoms with Crippen LogP contribution in [0.3, 0.4) is 0 Å². The fourth-order valence-corrected chi connectivity index (χ4v) is 1.94. The standard InChI is InChI=1S/C9H17N3S/c1-3-4-5-8-11-12-9(13-8)6-7-10-2/h10H,3-7H2,1-2H3. The maximum Gasteiger partial charge on any atom is 0.118 e. The van der Waals surface area contributed by atoms with Gasteiger partial charge >= 0.3 is 0 Å². The molecule has 0 atom stereocenters. The van der Waals surface area contributed by atoms with E-state index in [9.17, 15) is 0 Å². The Morgan fingerprint density at radius 1 is 1.23 bits per heavy atom. The first-order chi connectivity index (χ1) is 6.36. The van der Waals surface area contributed by atoms with E-state index in [1.165, 1.54) is 17.8 Å². The molecule has 0 aliphatic rings. The summed E-state index contributed by atoms with van der Waals surface area (Å²) in [5, 5.41) is 13.7. The number of nitrogens with zero attached hydrogens (tertiary/aromatic N) is 2. The van der Waals surface area contributed by atoms with Crippen molar-refractivity contribution in [2.45, 2.75) is 32.6 Å². The van der Waals surface area contributed by atoms with Crippen LogP contribution >= 0.6 is 11.3 Å². The Balaban J connectivity index is 2.34. The SMILES string of the molecule is CCCCc1nnc(CCNC)s1. The molecule has 0 aromatic carbocycles. The molecule has 1 aromatic heterocycles. The third kappa shape index (κ3) is 3.83. The highest BCUT2D eigenvalue weighted by molar-refractivity contribution is 7.11. The van der Waals surface area contributed by atoms with Gasteiger partial charge in [-0.1, -0.05) is 13.3 Å². The van der Waals surface area contributed by atoms with Crippen molar-refractivity contribution in [1.82, 2.24) is 15.5 Å². The highest BCUT2D eigenvalue weighted by atomic mass is 32.1. The first-order valence-corrected chi connectivity index (χ1v) is 5.64. The zero-order valence-electron chi connectivity index (χ0n) is 8.34. The molecule has 1 rings (SSSR count). The first-order valence-electron chi connectivity index (χ1n) is 4.82. The summed E-state index contributed by atoms with van der Waals surface area (Å²) in [6.07, 6.45) is 4.54. The van der Waals surface area contributed by atoms with Gasteiger partial charge in [0.1, 0.15) is 10.0 Å². The molecule has 0 aliphatic carbocycles. The Labute approximate surface area is 83.6 Å². The summed E-state index contributed by atoms with van der Waals surface area (Å²) < 4.78 is 0. The Morgan fingerprint density at radius 2 is 1.92 bits per heavy atom. The van der Waals surface area contributed by atoms with Gasteiger partial charge in [-0.25, -0.2) is 0 Å². The van der Waals surface area contributed by atoms with E-state index in [0.717, 1.165) is 24.4 Å². The van der Waals surface area contributed by atoms with Crippen LogP contribution in [0.2, 0.25) is 0 Å². The van der Waals surface area contributed by atoms with E-state index in [2.05, 4.69) is 22.4 Å². The molecule has 1 N–H and O–H groups in total. The Kier molecular flexibility index (Phi) is 4.93. The molecule has 3 nitrogen and oxygen atoms in total. The summed E-state index contributed by atoms with van der Waals surface area (Å²) in [5.74, 6) is 0. The molecule has 1 aromatic rings. The van der Waals surface area contributed by atoms with Crippen molar-refractivity contribution in [3.8, 4) is 0 Å². The number of rotatable bonds is 6. The minimum atomic E-state index is 0.989. The molecule has 13 heavy (non-hydrogen) atoms. The number of nitrogens with one attached hydrogen (secondary N) is 1. The highest BCUT2D eigenvalue weighted by Crippen LogP contribution is 2.12. The smallest absolute Gasteiger partial charge is 0.118 e. The topological polar surface area (TPSA) is 37.8 Å². The molecule has 0 fully saturated rings. The molecule has 4 heteroatoms. The predicted octanol–water partition coefficient (Wildman–Crippen LogP) is 1.64.